The van der Waals surface area contributed by atoms with E-state index in [9.17, 15) is 9.13 Å². The van der Waals surface area contributed by atoms with E-state index >= 15 is 0 Å². The van der Waals surface area contributed by atoms with E-state index in [4.69, 9.17) is 18.1 Å². The van der Waals surface area contributed by atoms with Crippen molar-refractivity contribution in [2.45, 2.75) is 52.1 Å². The molecule has 0 aliphatic heterocycles. The predicted molar refractivity (Wildman–Crippen MR) is 106 cm³/mol. The van der Waals surface area contributed by atoms with E-state index in [2.05, 4.69) is 17.4 Å². The van der Waals surface area contributed by atoms with Crippen molar-refractivity contribution < 1.29 is 27.2 Å². The fourth-order valence-corrected chi connectivity index (χ4v) is 8.45. The molecule has 9 heteroatoms. The molecule has 0 heterocycles. The first-order valence-electron chi connectivity index (χ1n) is 9.52. The van der Waals surface area contributed by atoms with Gasteiger partial charge in [-0.1, -0.05) is 24.3 Å². The van der Waals surface area contributed by atoms with Crippen LogP contribution < -0.4 is 5.32 Å². The minimum atomic E-state index is -3.78. The van der Waals surface area contributed by atoms with E-state index in [0.29, 0.717) is 0 Å². The Balaban J connectivity index is 2.34. The second kappa shape index (κ2) is 10.3. The molecule has 0 radical (unpaired) electrons. The van der Waals surface area contributed by atoms with Crippen LogP contribution in [-0.2, 0) is 40.1 Å². The van der Waals surface area contributed by atoms with Crippen molar-refractivity contribution in [2.24, 2.45) is 0 Å². The number of benzene rings is 1. The molecular formula is C18H31NO6P2. The minimum absolute atomic E-state index is 0.0594. The van der Waals surface area contributed by atoms with Crippen LogP contribution in [0.1, 0.15) is 38.8 Å². The van der Waals surface area contributed by atoms with E-state index in [1.54, 1.807) is 27.7 Å². The van der Waals surface area contributed by atoms with Crippen molar-refractivity contribution >= 4 is 15.2 Å². The van der Waals surface area contributed by atoms with Gasteiger partial charge in [0.2, 0.25) is 5.52 Å². The number of hydrogen-bond acceptors (Lipinski definition) is 7. The lowest BCUT2D eigenvalue weighted by molar-refractivity contribution is 0.187. The summed E-state index contributed by atoms with van der Waals surface area (Å²) < 4.78 is 49.0. The van der Waals surface area contributed by atoms with Crippen molar-refractivity contribution in [2.75, 3.05) is 26.4 Å². The highest BCUT2D eigenvalue weighted by Crippen LogP contribution is 2.69. The van der Waals surface area contributed by atoms with Crippen LogP contribution in [0, 0.1) is 0 Å². The predicted octanol–water partition coefficient (Wildman–Crippen LogP) is 4.56. The molecule has 154 valence electrons. The Kier molecular flexibility index (Phi) is 8.70. The zero-order chi connectivity index (χ0) is 19.9. The summed E-state index contributed by atoms with van der Waals surface area (Å²) in [5.41, 5.74) is 1.27. The van der Waals surface area contributed by atoms with E-state index in [1.807, 2.05) is 12.1 Å². The highest BCUT2D eigenvalue weighted by molar-refractivity contribution is 7.72. The molecule has 0 amide bonds. The Hall–Kier alpha value is -0.520. The number of nitrogens with one attached hydrogen (secondary N) is 1. The third-order valence-corrected chi connectivity index (χ3v) is 9.94. The van der Waals surface area contributed by atoms with Crippen LogP contribution in [0.25, 0.3) is 0 Å². The van der Waals surface area contributed by atoms with Crippen molar-refractivity contribution in [1.82, 2.24) is 5.32 Å². The Morgan fingerprint density at radius 1 is 0.852 bits per heavy atom. The van der Waals surface area contributed by atoms with E-state index in [-0.39, 0.29) is 32.5 Å². The smallest absolute Gasteiger partial charge is 0.307 e. The molecule has 2 rings (SSSR count). The van der Waals surface area contributed by atoms with Crippen molar-refractivity contribution in [3.8, 4) is 0 Å². The van der Waals surface area contributed by atoms with Crippen LogP contribution in [0.3, 0.4) is 0 Å². The largest absolute Gasteiger partial charge is 0.359 e. The average Bonchev–Trinajstić information content (AvgIpc) is 3.03. The highest BCUT2D eigenvalue weighted by Gasteiger charge is 2.52. The summed E-state index contributed by atoms with van der Waals surface area (Å²) in [4.78, 5) is 0. The van der Waals surface area contributed by atoms with Crippen molar-refractivity contribution in [3.63, 3.8) is 0 Å². The van der Waals surface area contributed by atoms with Crippen LogP contribution in [-0.4, -0.2) is 38.0 Å². The maximum absolute atomic E-state index is 13.5. The quantitative estimate of drug-likeness (QED) is 0.497. The normalized spacial score (nSPS) is 15.4. The minimum Gasteiger partial charge on any atom is -0.307 e. The second-order valence-corrected chi connectivity index (χ2v) is 10.8. The van der Waals surface area contributed by atoms with Crippen molar-refractivity contribution in [1.29, 1.82) is 0 Å². The molecule has 0 saturated carbocycles. The summed E-state index contributed by atoms with van der Waals surface area (Å²) in [6.07, 6.45) is 1.48. The molecule has 0 aromatic heterocycles. The fraction of sp³-hybridized carbons (Fsp3) is 0.667. The summed E-state index contributed by atoms with van der Waals surface area (Å²) >= 11 is 0. The zero-order valence-corrected chi connectivity index (χ0v) is 18.3. The topological polar surface area (TPSA) is 83.1 Å². The monoisotopic (exact) mass is 419 g/mol. The lowest BCUT2D eigenvalue weighted by Crippen LogP contribution is -2.40. The summed E-state index contributed by atoms with van der Waals surface area (Å²) in [6, 6.07) is 8.07. The molecule has 0 unspecified atom stereocenters. The standard InChI is InChI=1S/C18H31NO6P2/c1-5-22-26(20,23-6-2)18(27(21,24-7-3)25-8-4)19-17-13-15-11-9-10-12-16(15)14-17/h9-12,17-19H,5-8,13-14H2,1-4H3. The molecule has 7 nitrogen and oxygen atoms in total. The Morgan fingerprint density at radius 3 is 1.56 bits per heavy atom. The molecule has 1 aromatic carbocycles. The maximum atomic E-state index is 13.5. The molecule has 0 bridgehead atoms. The van der Waals surface area contributed by atoms with Gasteiger partial charge >= 0.3 is 15.2 Å². The summed E-state index contributed by atoms with van der Waals surface area (Å²) in [5, 5.41) is 3.26. The van der Waals surface area contributed by atoms with Gasteiger partial charge in [0, 0.05) is 6.04 Å². The molecule has 0 spiro atoms. The van der Waals surface area contributed by atoms with Crippen LogP contribution >= 0.6 is 15.2 Å². The number of hydrogen-bond donors (Lipinski definition) is 1. The molecule has 1 aliphatic carbocycles. The van der Waals surface area contributed by atoms with Gasteiger partial charge in [0.25, 0.3) is 0 Å². The lowest BCUT2D eigenvalue weighted by Gasteiger charge is -2.33. The van der Waals surface area contributed by atoms with Gasteiger partial charge in [-0.3, -0.25) is 14.4 Å². The Labute approximate surface area is 162 Å². The number of fused-ring (bicyclic) bond motifs is 1. The summed E-state index contributed by atoms with van der Waals surface area (Å²) in [7, 11) is -7.56. The molecule has 27 heavy (non-hydrogen) atoms. The molecular weight excluding hydrogens is 388 g/mol. The first-order chi connectivity index (χ1) is 12.9. The third kappa shape index (κ3) is 5.51. The molecule has 0 saturated heterocycles. The van der Waals surface area contributed by atoms with Crippen LogP contribution in [0.2, 0.25) is 0 Å². The molecule has 1 N–H and O–H groups in total. The third-order valence-electron chi connectivity index (χ3n) is 4.27. The van der Waals surface area contributed by atoms with E-state index < -0.39 is 20.7 Å². The van der Waals surface area contributed by atoms with Gasteiger partial charge in [0.15, 0.2) is 0 Å². The van der Waals surface area contributed by atoms with Crippen molar-refractivity contribution in [3.05, 3.63) is 35.4 Å². The second-order valence-electron chi connectivity index (χ2n) is 6.16. The molecule has 1 aliphatic rings. The van der Waals surface area contributed by atoms with Gasteiger partial charge in [-0.05, 0) is 51.7 Å². The molecule has 0 fully saturated rings. The lowest BCUT2D eigenvalue weighted by atomic mass is 10.1. The summed E-state index contributed by atoms with van der Waals surface area (Å²) in [5.74, 6) is 0. The first-order valence-corrected chi connectivity index (χ1v) is 12.7. The molecule has 0 atom stereocenters. The average molecular weight is 419 g/mol. The SMILES string of the molecule is CCOP(=O)(OCC)C(NC1Cc2ccccc2C1)P(=O)(OCC)OCC. The van der Waals surface area contributed by atoms with Gasteiger partial charge in [-0.25, -0.2) is 0 Å². The van der Waals surface area contributed by atoms with Crippen LogP contribution in [0.4, 0.5) is 0 Å². The van der Waals surface area contributed by atoms with Gasteiger partial charge < -0.3 is 18.1 Å². The van der Waals surface area contributed by atoms with E-state index in [1.165, 1.54) is 11.1 Å². The maximum Gasteiger partial charge on any atom is 0.359 e. The summed E-state index contributed by atoms with van der Waals surface area (Å²) in [6.45, 7) is 7.55. The van der Waals surface area contributed by atoms with Gasteiger partial charge in [-0.15, -0.1) is 0 Å². The van der Waals surface area contributed by atoms with Crippen LogP contribution in [0.5, 0.6) is 0 Å². The Bertz CT molecular complexity index is 623. The fourth-order valence-electron chi connectivity index (χ4n) is 3.32. The van der Waals surface area contributed by atoms with Gasteiger partial charge in [-0.2, -0.15) is 0 Å². The Morgan fingerprint density at radius 2 is 1.22 bits per heavy atom. The molecule has 1 aromatic rings. The van der Waals surface area contributed by atoms with Crippen LogP contribution in [0.15, 0.2) is 24.3 Å². The van der Waals surface area contributed by atoms with Gasteiger partial charge in [0.05, 0.1) is 26.4 Å². The van der Waals surface area contributed by atoms with Gasteiger partial charge in [0.1, 0.15) is 0 Å². The van der Waals surface area contributed by atoms with E-state index in [0.717, 1.165) is 12.8 Å². The zero-order valence-electron chi connectivity index (χ0n) is 16.6. The highest BCUT2D eigenvalue weighted by atomic mass is 31.2. The number of rotatable bonds is 12. The first kappa shape index (κ1) is 22.8.